The molecule has 0 unspecified atom stereocenters. The highest BCUT2D eigenvalue weighted by Crippen LogP contribution is 2.38. The molecule has 1 fully saturated rings. The molecule has 0 atom stereocenters. The van der Waals surface area contributed by atoms with Gasteiger partial charge in [0, 0.05) is 24.0 Å². The number of nitrogens with zero attached hydrogens (tertiary/aromatic N) is 2. The highest BCUT2D eigenvalue weighted by atomic mass is 79.9. The van der Waals surface area contributed by atoms with Gasteiger partial charge in [0.2, 0.25) is 15.9 Å². The lowest BCUT2D eigenvalue weighted by Crippen LogP contribution is -2.28. The quantitative estimate of drug-likeness (QED) is 0.546. The van der Waals surface area contributed by atoms with Crippen molar-refractivity contribution in [1.29, 1.82) is 0 Å². The Morgan fingerprint density at radius 1 is 1.41 bits per heavy atom. The second-order valence-corrected chi connectivity index (χ2v) is 8.66. The number of amides is 1. The molecule has 1 heterocycles. The van der Waals surface area contributed by atoms with E-state index in [0.29, 0.717) is 22.1 Å². The lowest BCUT2D eigenvalue weighted by molar-refractivity contribution is 0.0945. The van der Waals surface area contributed by atoms with Crippen LogP contribution in [0.25, 0.3) is 0 Å². The number of rotatable bonds is 9. The largest absolute Gasteiger partial charge is 0.383 e. The average Bonchev–Trinajstić information content (AvgIpc) is 3.38. The molecule has 3 rings (SSSR count). The summed E-state index contributed by atoms with van der Waals surface area (Å²) in [7, 11) is -2.26. The molecule has 1 saturated carbocycles. The van der Waals surface area contributed by atoms with E-state index in [1.807, 2.05) is 0 Å². The van der Waals surface area contributed by atoms with Gasteiger partial charge in [0.1, 0.15) is 0 Å². The van der Waals surface area contributed by atoms with E-state index in [2.05, 4.69) is 36.1 Å². The molecule has 0 radical (unpaired) electrons. The second kappa shape index (κ2) is 8.46. The summed E-state index contributed by atoms with van der Waals surface area (Å²) in [6.45, 7) is 0.446. The van der Waals surface area contributed by atoms with Gasteiger partial charge in [-0.05, 0) is 47.0 Å². The average molecular weight is 459 g/mol. The third kappa shape index (κ3) is 5.12. The standard InChI is InChI=1S/C16H19BrN4O5S/c1-25-7-6-19-27(23,24)11-4-5-13(17)12(8-11)16(22)18-9-14-20-15(21-26-14)10-2-3-10/h4-5,8,10,19H,2-3,6-7,9H2,1H3,(H,18,22). The molecule has 0 aliphatic heterocycles. The van der Waals surface area contributed by atoms with Crippen LogP contribution in [0.5, 0.6) is 0 Å². The number of sulfonamides is 1. The number of nitrogens with one attached hydrogen (secondary N) is 2. The van der Waals surface area contributed by atoms with Crippen LogP contribution < -0.4 is 10.0 Å². The maximum Gasteiger partial charge on any atom is 0.252 e. The van der Waals surface area contributed by atoms with Crippen molar-refractivity contribution in [2.75, 3.05) is 20.3 Å². The normalized spacial score (nSPS) is 14.3. The number of carbonyl (C=O) groups is 1. The Morgan fingerprint density at radius 3 is 2.89 bits per heavy atom. The fraction of sp³-hybridized carbons (Fsp3) is 0.438. The van der Waals surface area contributed by atoms with Gasteiger partial charge in [-0.25, -0.2) is 13.1 Å². The Kier molecular flexibility index (Phi) is 6.25. The number of benzene rings is 1. The Labute approximate surface area is 165 Å². The molecule has 1 amide bonds. The summed E-state index contributed by atoms with van der Waals surface area (Å²) in [6.07, 6.45) is 2.11. The summed E-state index contributed by atoms with van der Waals surface area (Å²) in [5.74, 6) is 0.879. The van der Waals surface area contributed by atoms with Crippen molar-refractivity contribution in [2.45, 2.75) is 30.2 Å². The smallest absolute Gasteiger partial charge is 0.252 e. The van der Waals surface area contributed by atoms with E-state index in [0.717, 1.165) is 12.8 Å². The first-order chi connectivity index (χ1) is 12.9. The summed E-state index contributed by atoms with van der Waals surface area (Å²) in [4.78, 5) is 16.7. The maximum atomic E-state index is 12.5. The van der Waals surface area contributed by atoms with Gasteiger partial charge in [-0.3, -0.25) is 4.79 Å². The predicted octanol–water partition coefficient (Wildman–Crippen LogP) is 1.56. The topological polar surface area (TPSA) is 123 Å². The van der Waals surface area contributed by atoms with Crippen molar-refractivity contribution < 1.29 is 22.5 Å². The van der Waals surface area contributed by atoms with Crippen LogP contribution >= 0.6 is 15.9 Å². The van der Waals surface area contributed by atoms with Gasteiger partial charge in [-0.1, -0.05) is 5.16 Å². The number of halogens is 1. The zero-order chi connectivity index (χ0) is 19.4. The molecule has 1 aliphatic rings. The summed E-state index contributed by atoms with van der Waals surface area (Å²) < 4.78 is 37.4. The molecule has 1 aromatic heterocycles. The summed E-state index contributed by atoms with van der Waals surface area (Å²) in [5, 5.41) is 6.54. The number of ether oxygens (including phenoxy) is 1. The van der Waals surface area contributed by atoms with Gasteiger partial charge < -0.3 is 14.6 Å². The Bertz CT molecular complexity index is 927. The first-order valence-electron chi connectivity index (χ1n) is 8.29. The molecule has 1 aromatic carbocycles. The van der Waals surface area contributed by atoms with Crippen LogP contribution in [-0.2, 0) is 21.3 Å². The predicted molar refractivity (Wildman–Crippen MR) is 98.6 cm³/mol. The lowest BCUT2D eigenvalue weighted by atomic mass is 10.2. The minimum Gasteiger partial charge on any atom is -0.383 e. The van der Waals surface area contributed by atoms with Crippen LogP contribution in [0.15, 0.2) is 32.1 Å². The van der Waals surface area contributed by atoms with Gasteiger partial charge >= 0.3 is 0 Å². The van der Waals surface area contributed by atoms with Gasteiger partial charge in [0.15, 0.2) is 5.82 Å². The monoisotopic (exact) mass is 458 g/mol. The highest BCUT2D eigenvalue weighted by Gasteiger charge is 2.28. The van der Waals surface area contributed by atoms with E-state index >= 15 is 0 Å². The third-order valence-electron chi connectivity index (χ3n) is 3.92. The van der Waals surface area contributed by atoms with Crippen LogP contribution in [0, 0.1) is 0 Å². The SMILES string of the molecule is COCCNS(=O)(=O)c1ccc(Br)c(C(=O)NCc2nc(C3CC3)no2)c1. The van der Waals surface area contributed by atoms with Crippen LogP contribution in [0.1, 0.15) is 40.8 Å². The summed E-state index contributed by atoms with van der Waals surface area (Å²) in [6, 6.07) is 4.23. The van der Waals surface area contributed by atoms with Crippen LogP contribution in [0.3, 0.4) is 0 Å². The van der Waals surface area contributed by atoms with Crippen LogP contribution in [-0.4, -0.2) is 44.7 Å². The summed E-state index contributed by atoms with van der Waals surface area (Å²) >= 11 is 3.27. The van der Waals surface area contributed by atoms with Crippen molar-refractivity contribution >= 4 is 31.9 Å². The molecule has 146 valence electrons. The zero-order valence-electron chi connectivity index (χ0n) is 14.6. The molecule has 2 N–H and O–H groups in total. The second-order valence-electron chi connectivity index (χ2n) is 6.04. The minimum absolute atomic E-state index is 0.0132. The number of hydrogen-bond donors (Lipinski definition) is 2. The van der Waals surface area contributed by atoms with Crippen molar-refractivity contribution in [3.05, 3.63) is 40.0 Å². The number of methoxy groups -OCH3 is 1. The molecule has 1 aliphatic carbocycles. The van der Waals surface area contributed by atoms with Gasteiger partial charge in [0.25, 0.3) is 5.91 Å². The van der Waals surface area contributed by atoms with Crippen molar-refractivity contribution in [1.82, 2.24) is 20.2 Å². The Hall–Kier alpha value is -1.82. The van der Waals surface area contributed by atoms with Crippen molar-refractivity contribution in [2.24, 2.45) is 0 Å². The van der Waals surface area contributed by atoms with Crippen LogP contribution in [0.2, 0.25) is 0 Å². The maximum absolute atomic E-state index is 12.5. The van der Waals surface area contributed by atoms with E-state index < -0.39 is 15.9 Å². The van der Waals surface area contributed by atoms with E-state index in [4.69, 9.17) is 9.26 Å². The Morgan fingerprint density at radius 2 is 2.19 bits per heavy atom. The van der Waals surface area contributed by atoms with E-state index in [1.165, 1.54) is 25.3 Å². The van der Waals surface area contributed by atoms with E-state index in [-0.39, 0.29) is 30.2 Å². The minimum atomic E-state index is -3.74. The highest BCUT2D eigenvalue weighted by molar-refractivity contribution is 9.10. The molecule has 11 heteroatoms. The third-order valence-corrected chi connectivity index (χ3v) is 6.07. The van der Waals surface area contributed by atoms with Crippen molar-refractivity contribution in [3.63, 3.8) is 0 Å². The number of aromatic nitrogens is 2. The fourth-order valence-corrected chi connectivity index (χ4v) is 3.77. The molecule has 9 nitrogen and oxygen atoms in total. The van der Waals surface area contributed by atoms with Gasteiger partial charge in [-0.15, -0.1) is 0 Å². The van der Waals surface area contributed by atoms with Crippen molar-refractivity contribution in [3.8, 4) is 0 Å². The summed E-state index contributed by atoms with van der Waals surface area (Å²) in [5.41, 5.74) is 0.187. The molecule has 27 heavy (non-hydrogen) atoms. The molecule has 0 bridgehead atoms. The van der Waals surface area contributed by atoms with E-state index in [9.17, 15) is 13.2 Å². The van der Waals surface area contributed by atoms with E-state index in [1.54, 1.807) is 0 Å². The molecule has 0 saturated heterocycles. The Balaban J connectivity index is 1.67. The molecule has 2 aromatic rings. The van der Waals surface area contributed by atoms with Gasteiger partial charge in [-0.2, -0.15) is 4.98 Å². The number of hydrogen-bond acceptors (Lipinski definition) is 7. The molecule has 0 spiro atoms. The van der Waals surface area contributed by atoms with Gasteiger partial charge in [0.05, 0.1) is 23.6 Å². The first-order valence-corrected chi connectivity index (χ1v) is 10.6. The number of carbonyl (C=O) groups excluding carboxylic acids is 1. The fourth-order valence-electron chi connectivity index (χ4n) is 2.31. The zero-order valence-corrected chi connectivity index (χ0v) is 17.0. The molecular weight excluding hydrogens is 440 g/mol. The molecular formula is C16H19BrN4O5S. The lowest BCUT2D eigenvalue weighted by Gasteiger charge is -2.10. The van der Waals surface area contributed by atoms with Crippen LogP contribution in [0.4, 0.5) is 0 Å². The first kappa shape index (κ1) is 19.9.